The number of carbonyl (C=O) groups excluding carboxylic acids is 1. The van der Waals surface area contributed by atoms with Gasteiger partial charge in [-0.05, 0) is 12.8 Å². The molecule has 0 saturated carbocycles. The number of aliphatic carboxylic acids is 1. The fourth-order valence-electron chi connectivity index (χ4n) is 2.03. The van der Waals surface area contributed by atoms with Crippen molar-refractivity contribution in [3.8, 4) is 0 Å². The van der Waals surface area contributed by atoms with Crippen molar-refractivity contribution in [2.75, 3.05) is 39.3 Å². The lowest BCUT2D eigenvalue weighted by atomic mass is 10.1. The smallest absolute Gasteiger partial charge is 0.307 e. The van der Waals surface area contributed by atoms with Crippen LogP contribution in [-0.2, 0) is 9.59 Å². The van der Waals surface area contributed by atoms with E-state index in [-0.39, 0.29) is 25.6 Å². The molecule has 0 heterocycles. The lowest BCUT2D eigenvalue weighted by Gasteiger charge is -2.27. The Morgan fingerprint density at radius 1 is 1.10 bits per heavy atom. The van der Waals surface area contributed by atoms with Crippen molar-refractivity contribution in [3.05, 3.63) is 0 Å². The SMILES string of the molecule is CCCN(CCC)C(=O)CN(CCO)CC(C)C(=O)O. The molecule has 1 atom stereocenters. The van der Waals surface area contributed by atoms with E-state index in [1.807, 2.05) is 13.8 Å². The molecule has 0 saturated heterocycles. The molecular formula is C14H28N2O4. The van der Waals surface area contributed by atoms with E-state index in [0.717, 1.165) is 12.8 Å². The van der Waals surface area contributed by atoms with Crippen molar-refractivity contribution in [3.63, 3.8) is 0 Å². The van der Waals surface area contributed by atoms with Gasteiger partial charge in [0, 0.05) is 26.2 Å². The number of rotatable bonds is 11. The Kier molecular flexibility index (Phi) is 10.0. The lowest BCUT2D eigenvalue weighted by molar-refractivity contribution is -0.143. The van der Waals surface area contributed by atoms with E-state index >= 15 is 0 Å². The molecule has 1 unspecified atom stereocenters. The first-order valence-electron chi connectivity index (χ1n) is 7.29. The molecule has 0 fully saturated rings. The summed E-state index contributed by atoms with van der Waals surface area (Å²) in [4.78, 5) is 26.6. The van der Waals surface area contributed by atoms with Crippen LogP contribution >= 0.6 is 0 Å². The van der Waals surface area contributed by atoms with E-state index in [2.05, 4.69) is 0 Å². The second-order valence-electron chi connectivity index (χ2n) is 5.08. The summed E-state index contributed by atoms with van der Waals surface area (Å²) in [5, 5.41) is 18.0. The van der Waals surface area contributed by atoms with Gasteiger partial charge in [-0.25, -0.2) is 0 Å². The third-order valence-electron chi connectivity index (χ3n) is 3.07. The van der Waals surface area contributed by atoms with E-state index in [1.54, 1.807) is 16.7 Å². The molecule has 0 rings (SSSR count). The molecule has 118 valence electrons. The van der Waals surface area contributed by atoms with Gasteiger partial charge in [-0.1, -0.05) is 20.8 Å². The van der Waals surface area contributed by atoms with E-state index < -0.39 is 11.9 Å². The van der Waals surface area contributed by atoms with Crippen molar-refractivity contribution in [2.24, 2.45) is 5.92 Å². The monoisotopic (exact) mass is 288 g/mol. The van der Waals surface area contributed by atoms with Gasteiger partial charge >= 0.3 is 5.97 Å². The van der Waals surface area contributed by atoms with E-state index in [4.69, 9.17) is 10.2 Å². The van der Waals surface area contributed by atoms with Gasteiger partial charge in [0.15, 0.2) is 0 Å². The Morgan fingerprint density at radius 2 is 1.65 bits per heavy atom. The average molecular weight is 288 g/mol. The minimum absolute atomic E-state index is 0.000242. The highest BCUT2D eigenvalue weighted by molar-refractivity contribution is 5.78. The van der Waals surface area contributed by atoms with Crippen LogP contribution in [0.25, 0.3) is 0 Å². The number of amides is 1. The molecule has 6 nitrogen and oxygen atoms in total. The third-order valence-corrected chi connectivity index (χ3v) is 3.07. The third kappa shape index (κ3) is 7.45. The van der Waals surface area contributed by atoms with Crippen molar-refractivity contribution < 1.29 is 19.8 Å². The Labute approximate surface area is 121 Å². The summed E-state index contributed by atoms with van der Waals surface area (Å²) in [7, 11) is 0. The molecule has 0 aromatic rings. The van der Waals surface area contributed by atoms with Crippen LogP contribution in [0.2, 0.25) is 0 Å². The average Bonchev–Trinajstić information content (AvgIpc) is 2.38. The molecule has 0 spiro atoms. The maximum atomic E-state index is 12.2. The molecule has 0 bridgehead atoms. The van der Waals surface area contributed by atoms with Crippen LogP contribution in [0, 0.1) is 5.92 Å². The van der Waals surface area contributed by atoms with Crippen LogP contribution in [0.4, 0.5) is 0 Å². The number of hydrogen-bond acceptors (Lipinski definition) is 4. The zero-order valence-electron chi connectivity index (χ0n) is 12.8. The summed E-state index contributed by atoms with van der Waals surface area (Å²) in [6.07, 6.45) is 1.80. The summed E-state index contributed by atoms with van der Waals surface area (Å²) in [5.41, 5.74) is 0. The number of nitrogens with zero attached hydrogens (tertiary/aromatic N) is 2. The molecular weight excluding hydrogens is 260 g/mol. The predicted octanol–water partition coefficient (Wildman–Crippen LogP) is 0.650. The predicted molar refractivity (Wildman–Crippen MR) is 77.5 cm³/mol. The molecule has 0 aliphatic heterocycles. The largest absolute Gasteiger partial charge is 0.481 e. The van der Waals surface area contributed by atoms with Crippen LogP contribution in [-0.4, -0.2) is 71.2 Å². The fraction of sp³-hybridized carbons (Fsp3) is 0.857. The molecule has 6 heteroatoms. The van der Waals surface area contributed by atoms with Gasteiger partial charge in [0.25, 0.3) is 0 Å². The van der Waals surface area contributed by atoms with Crippen LogP contribution in [0.1, 0.15) is 33.6 Å². The maximum absolute atomic E-state index is 12.2. The second-order valence-corrected chi connectivity index (χ2v) is 5.08. The number of aliphatic hydroxyl groups is 1. The zero-order valence-corrected chi connectivity index (χ0v) is 12.8. The second kappa shape index (κ2) is 10.6. The number of carbonyl (C=O) groups is 2. The molecule has 0 aliphatic rings. The maximum Gasteiger partial charge on any atom is 0.307 e. The summed E-state index contributed by atoms with van der Waals surface area (Å²) >= 11 is 0. The van der Waals surface area contributed by atoms with Crippen LogP contribution in [0.15, 0.2) is 0 Å². The molecule has 1 amide bonds. The van der Waals surface area contributed by atoms with Gasteiger partial charge in [-0.2, -0.15) is 0 Å². The van der Waals surface area contributed by atoms with Crippen LogP contribution < -0.4 is 0 Å². The van der Waals surface area contributed by atoms with E-state index in [0.29, 0.717) is 19.6 Å². The topological polar surface area (TPSA) is 81.1 Å². The first-order chi connectivity index (χ1) is 9.46. The number of carboxylic acids is 1. The molecule has 0 aliphatic carbocycles. The van der Waals surface area contributed by atoms with Crippen LogP contribution in [0.5, 0.6) is 0 Å². The summed E-state index contributed by atoms with van der Waals surface area (Å²) in [6, 6.07) is 0. The van der Waals surface area contributed by atoms with Gasteiger partial charge in [0.05, 0.1) is 19.1 Å². The highest BCUT2D eigenvalue weighted by atomic mass is 16.4. The Hall–Kier alpha value is -1.14. The first kappa shape index (κ1) is 18.9. The standard InChI is InChI=1S/C14H28N2O4/c1-4-6-16(7-5-2)13(18)11-15(8-9-17)10-12(3)14(19)20/h12,17H,4-11H2,1-3H3,(H,19,20). The van der Waals surface area contributed by atoms with Crippen molar-refractivity contribution in [1.82, 2.24) is 9.80 Å². The Balaban J connectivity index is 4.54. The molecule has 0 aromatic carbocycles. The van der Waals surface area contributed by atoms with E-state index in [1.165, 1.54) is 0 Å². The number of hydrogen-bond donors (Lipinski definition) is 2. The van der Waals surface area contributed by atoms with Crippen LogP contribution in [0.3, 0.4) is 0 Å². The van der Waals surface area contributed by atoms with Gasteiger partial charge in [0.2, 0.25) is 5.91 Å². The fourth-order valence-corrected chi connectivity index (χ4v) is 2.03. The highest BCUT2D eigenvalue weighted by Crippen LogP contribution is 2.03. The van der Waals surface area contributed by atoms with Crippen molar-refractivity contribution in [1.29, 1.82) is 0 Å². The first-order valence-corrected chi connectivity index (χ1v) is 7.29. The molecule has 2 N–H and O–H groups in total. The summed E-state index contributed by atoms with van der Waals surface area (Å²) in [5.74, 6) is -1.45. The highest BCUT2D eigenvalue weighted by Gasteiger charge is 2.20. The zero-order chi connectivity index (χ0) is 15.5. The number of carboxylic acid groups (broad SMARTS) is 1. The molecule has 20 heavy (non-hydrogen) atoms. The minimum atomic E-state index is -0.889. The Morgan fingerprint density at radius 3 is 2.05 bits per heavy atom. The van der Waals surface area contributed by atoms with E-state index in [9.17, 15) is 9.59 Å². The summed E-state index contributed by atoms with van der Waals surface area (Å²) in [6.45, 7) is 7.75. The van der Waals surface area contributed by atoms with Gasteiger partial charge in [0.1, 0.15) is 0 Å². The molecule has 0 radical (unpaired) electrons. The quantitative estimate of drug-likeness (QED) is 0.583. The van der Waals surface area contributed by atoms with Crippen molar-refractivity contribution in [2.45, 2.75) is 33.6 Å². The summed E-state index contributed by atoms with van der Waals surface area (Å²) < 4.78 is 0. The lowest BCUT2D eigenvalue weighted by Crippen LogP contribution is -2.44. The normalized spacial score (nSPS) is 12.4. The Bertz CT molecular complexity index is 291. The van der Waals surface area contributed by atoms with Gasteiger partial charge in [-0.3, -0.25) is 14.5 Å². The van der Waals surface area contributed by atoms with Crippen molar-refractivity contribution >= 4 is 11.9 Å². The number of aliphatic hydroxyl groups excluding tert-OH is 1. The minimum Gasteiger partial charge on any atom is -0.481 e. The molecule has 0 aromatic heterocycles. The van der Waals surface area contributed by atoms with Gasteiger partial charge in [-0.15, -0.1) is 0 Å². The van der Waals surface area contributed by atoms with Gasteiger partial charge < -0.3 is 15.1 Å².